The van der Waals surface area contributed by atoms with E-state index in [0.717, 1.165) is 12.8 Å². The van der Waals surface area contributed by atoms with Crippen LogP contribution in [0, 0.1) is 0 Å². The van der Waals surface area contributed by atoms with Gasteiger partial charge in [0.05, 0.1) is 12.1 Å². The molecule has 0 amide bonds. The molecule has 0 saturated heterocycles. The van der Waals surface area contributed by atoms with Crippen LogP contribution in [0.4, 0.5) is 0 Å². The van der Waals surface area contributed by atoms with E-state index in [0.29, 0.717) is 12.3 Å². The SMILES string of the molecule is CCCC(NCc1cc(C(=O)O)co1)c1ccccc1. The van der Waals surface area contributed by atoms with Gasteiger partial charge in [-0.3, -0.25) is 0 Å². The van der Waals surface area contributed by atoms with Crippen LogP contribution in [0.5, 0.6) is 0 Å². The summed E-state index contributed by atoms with van der Waals surface area (Å²) in [5.41, 5.74) is 1.42. The number of carboxylic acids is 1. The van der Waals surface area contributed by atoms with Gasteiger partial charge in [0.2, 0.25) is 0 Å². The molecule has 1 aromatic heterocycles. The first-order valence-corrected chi connectivity index (χ1v) is 6.79. The van der Waals surface area contributed by atoms with E-state index in [2.05, 4.69) is 24.4 Å². The van der Waals surface area contributed by atoms with E-state index < -0.39 is 5.97 Å². The number of aromatic carboxylic acids is 1. The van der Waals surface area contributed by atoms with Crippen molar-refractivity contribution in [3.63, 3.8) is 0 Å². The summed E-state index contributed by atoms with van der Waals surface area (Å²) < 4.78 is 5.25. The highest BCUT2D eigenvalue weighted by atomic mass is 16.4. The molecule has 0 aliphatic heterocycles. The number of furan rings is 1. The van der Waals surface area contributed by atoms with Crippen LogP contribution in [0.1, 0.15) is 47.5 Å². The molecule has 0 bridgehead atoms. The van der Waals surface area contributed by atoms with Crippen molar-refractivity contribution in [1.82, 2.24) is 5.32 Å². The monoisotopic (exact) mass is 273 g/mol. The van der Waals surface area contributed by atoms with Crippen molar-refractivity contribution in [2.75, 3.05) is 0 Å². The van der Waals surface area contributed by atoms with Gasteiger partial charge >= 0.3 is 5.97 Å². The highest BCUT2D eigenvalue weighted by molar-refractivity contribution is 5.87. The average Bonchev–Trinajstić information content (AvgIpc) is 2.93. The smallest absolute Gasteiger partial charge is 0.338 e. The predicted molar refractivity (Wildman–Crippen MR) is 76.6 cm³/mol. The minimum Gasteiger partial charge on any atom is -0.478 e. The normalized spacial score (nSPS) is 12.2. The van der Waals surface area contributed by atoms with Crippen molar-refractivity contribution in [1.29, 1.82) is 0 Å². The van der Waals surface area contributed by atoms with Crippen molar-refractivity contribution in [3.05, 3.63) is 59.5 Å². The Morgan fingerprint density at radius 2 is 2.10 bits per heavy atom. The minimum absolute atomic E-state index is 0.188. The van der Waals surface area contributed by atoms with Crippen LogP contribution in [-0.4, -0.2) is 11.1 Å². The summed E-state index contributed by atoms with van der Waals surface area (Å²) in [6, 6.07) is 12.0. The molecule has 1 aromatic carbocycles. The summed E-state index contributed by atoms with van der Waals surface area (Å²) in [5, 5.41) is 12.3. The Kier molecular flexibility index (Phi) is 4.96. The van der Waals surface area contributed by atoms with E-state index in [1.54, 1.807) is 6.07 Å². The summed E-state index contributed by atoms with van der Waals surface area (Å²) in [6.45, 7) is 2.67. The second kappa shape index (κ2) is 6.91. The van der Waals surface area contributed by atoms with Crippen LogP contribution in [0.3, 0.4) is 0 Å². The Morgan fingerprint density at radius 3 is 2.70 bits per heavy atom. The zero-order valence-corrected chi connectivity index (χ0v) is 11.5. The van der Waals surface area contributed by atoms with Gasteiger partial charge in [-0.05, 0) is 18.1 Å². The van der Waals surface area contributed by atoms with Crippen LogP contribution in [0.15, 0.2) is 47.1 Å². The number of rotatable bonds is 7. The molecular weight excluding hydrogens is 254 g/mol. The lowest BCUT2D eigenvalue weighted by atomic mass is 10.0. The van der Waals surface area contributed by atoms with Crippen molar-refractivity contribution in [3.8, 4) is 0 Å². The van der Waals surface area contributed by atoms with Crippen LogP contribution in [0.2, 0.25) is 0 Å². The zero-order chi connectivity index (χ0) is 14.4. The van der Waals surface area contributed by atoms with Crippen LogP contribution in [0.25, 0.3) is 0 Å². The molecule has 0 spiro atoms. The lowest BCUT2D eigenvalue weighted by Gasteiger charge is -2.17. The number of hydrogen-bond donors (Lipinski definition) is 2. The minimum atomic E-state index is -0.965. The van der Waals surface area contributed by atoms with E-state index in [1.165, 1.54) is 11.8 Å². The Bertz CT molecular complexity index is 548. The molecule has 1 unspecified atom stereocenters. The molecule has 0 fully saturated rings. The molecule has 1 atom stereocenters. The Hall–Kier alpha value is -2.07. The van der Waals surface area contributed by atoms with E-state index in [1.807, 2.05) is 18.2 Å². The molecule has 1 heterocycles. The molecule has 20 heavy (non-hydrogen) atoms. The Labute approximate surface area is 118 Å². The summed E-state index contributed by atoms with van der Waals surface area (Å²) in [5.74, 6) is -0.326. The van der Waals surface area contributed by atoms with Crippen molar-refractivity contribution >= 4 is 5.97 Å². The van der Waals surface area contributed by atoms with Gasteiger partial charge in [0, 0.05) is 6.04 Å². The fraction of sp³-hybridized carbons (Fsp3) is 0.312. The third kappa shape index (κ3) is 3.71. The van der Waals surface area contributed by atoms with E-state index in [9.17, 15) is 4.79 Å². The molecule has 2 N–H and O–H groups in total. The van der Waals surface area contributed by atoms with Gasteiger partial charge in [0.15, 0.2) is 0 Å². The molecule has 0 aliphatic rings. The maximum atomic E-state index is 10.8. The number of carbonyl (C=O) groups is 1. The largest absolute Gasteiger partial charge is 0.478 e. The maximum absolute atomic E-state index is 10.8. The van der Waals surface area contributed by atoms with E-state index in [-0.39, 0.29) is 11.6 Å². The molecule has 4 nitrogen and oxygen atoms in total. The molecule has 0 aliphatic carbocycles. The third-order valence-corrected chi connectivity index (χ3v) is 3.20. The quantitative estimate of drug-likeness (QED) is 0.809. The Morgan fingerprint density at radius 1 is 1.35 bits per heavy atom. The van der Waals surface area contributed by atoms with Crippen molar-refractivity contribution < 1.29 is 14.3 Å². The lowest BCUT2D eigenvalue weighted by molar-refractivity contribution is 0.0696. The molecule has 0 radical (unpaired) electrons. The first-order valence-electron chi connectivity index (χ1n) is 6.79. The van der Waals surface area contributed by atoms with Gasteiger partial charge in [-0.15, -0.1) is 0 Å². The predicted octanol–water partition coefficient (Wildman–Crippen LogP) is 3.61. The lowest BCUT2D eigenvalue weighted by Crippen LogP contribution is -2.20. The summed E-state index contributed by atoms with van der Waals surface area (Å²) in [7, 11) is 0. The van der Waals surface area contributed by atoms with Crippen LogP contribution in [-0.2, 0) is 6.54 Å². The van der Waals surface area contributed by atoms with E-state index >= 15 is 0 Å². The first-order chi connectivity index (χ1) is 9.70. The van der Waals surface area contributed by atoms with Crippen LogP contribution < -0.4 is 5.32 Å². The second-order valence-electron chi connectivity index (χ2n) is 4.74. The molecule has 2 aromatic rings. The fourth-order valence-corrected chi connectivity index (χ4v) is 2.17. The van der Waals surface area contributed by atoms with Gasteiger partial charge in [-0.25, -0.2) is 4.79 Å². The summed E-state index contributed by atoms with van der Waals surface area (Å²) in [4.78, 5) is 10.8. The van der Waals surface area contributed by atoms with Gasteiger partial charge in [-0.1, -0.05) is 43.7 Å². The highest BCUT2D eigenvalue weighted by Crippen LogP contribution is 2.19. The number of carboxylic acid groups (broad SMARTS) is 1. The van der Waals surface area contributed by atoms with Gasteiger partial charge in [0.25, 0.3) is 0 Å². The topological polar surface area (TPSA) is 62.5 Å². The highest BCUT2D eigenvalue weighted by Gasteiger charge is 2.12. The molecule has 2 rings (SSSR count). The number of nitrogens with one attached hydrogen (secondary N) is 1. The summed E-state index contributed by atoms with van der Waals surface area (Å²) >= 11 is 0. The molecular formula is C16H19NO3. The molecule has 0 saturated carbocycles. The second-order valence-corrected chi connectivity index (χ2v) is 4.74. The van der Waals surface area contributed by atoms with Gasteiger partial charge < -0.3 is 14.8 Å². The zero-order valence-electron chi connectivity index (χ0n) is 11.5. The third-order valence-electron chi connectivity index (χ3n) is 3.20. The fourth-order valence-electron chi connectivity index (χ4n) is 2.17. The maximum Gasteiger partial charge on any atom is 0.338 e. The number of benzene rings is 1. The Balaban J connectivity index is 2.00. The van der Waals surface area contributed by atoms with Gasteiger partial charge in [0.1, 0.15) is 12.0 Å². The average molecular weight is 273 g/mol. The molecule has 4 heteroatoms. The standard InChI is InChI=1S/C16H19NO3/c1-2-6-15(12-7-4-3-5-8-12)17-10-14-9-13(11-20-14)16(18)19/h3-5,7-9,11,15,17H,2,6,10H2,1H3,(H,18,19). The first kappa shape index (κ1) is 14.3. The number of hydrogen-bond acceptors (Lipinski definition) is 3. The van der Waals surface area contributed by atoms with Crippen molar-refractivity contribution in [2.45, 2.75) is 32.4 Å². The van der Waals surface area contributed by atoms with E-state index in [4.69, 9.17) is 9.52 Å². The molecule has 106 valence electrons. The summed E-state index contributed by atoms with van der Waals surface area (Å²) in [6.07, 6.45) is 3.37. The van der Waals surface area contributed by atoms with Crippen LogP contribution >= 0.6 is 0 Å². The van der Waals surface area contributed by atoms with Gasteiger partial charge in [-0.2, -0.15) is 0 Å². The van der Waals surface area contributed by atoms with Crippen molar-refractivity contribution in [2.24, 2.45) is 0 Å².